The zero-order chi connectivity index (χ0) is 15.3. The largest absolute Gasteiger partial charge is 0.379 e. The first-order valence-corrected chi connectivity index (χ1v) is 7.72. The molecule has 7 nitrogen and oxygen atoms in total. The monoisotopic (exact) mass is 317 g/mol. The second-order valence-corrected chi connectivity index (χ2v) is 5.17. The van der Waals surface area contributed by atoms with Crippen LogP contribution in [0.5, 0.6) is 0 Å². The molecular formula is C13H23N3O4S. The molecule has 0 saturated carbocycles. The van der Waals surface area contributed by atoms with Crippen molar-refractivity contribution in [2.24, 2.45) is 5.73 Å². The van der Waals surface area contributed by atoms with Crippen molar-refractivity contribution in [1.29, 1.82) is 0 Å². The van der Waals surface area contributed by atoms with E-state index in [1.807, 2.05) is 5.38 Å². The maximum atomic E-state index is 11.0. The van der Waals surface area contributed by atoms with E-state index in [1.54, 1.807) is 24.6 Å². The number of carbonyl (C=O) groups is 1. The van der Waals surface area contributed by atoms with Crippen LogP contribution in [-0.2, 0) is 25.4 Å². The van der Waals surface area contributed by atoms with E-state index in [-0.39, 0.29) is 12.3 Å². The Morgan fingerprint density at radius 2 is 2.05 bits per heavy atom. The quantitative estimate of drug-likeness (QED) is 0.421. The summed E-state index contributed by atoms with van der Waals surface area (Å²) in [6, 6.07) is 0. The smallest absolute Gasteiger partial charge is 0.223 e. The van der Waals surface area contributed by atoms with Crippen molar-refractivity contribution < 1.29 is 19.0 Å². The van der Waals surface area contributed by atoms with Crippen LogP contribution in [0.1, 0.15) is 11.4 Å². The minimum Gasteiger partial charge on any atom is -0.379 e. The van der Waals surface area contributed by atoms with Crippen LogP contribution in [-0.4, -0.2) is 57.2 Å². The number of thiazole rings is 1. The molecule has 8 heteroatoms. The van der Waals surface area contributed by atoms with Crippen LogP contribution >= 0.6 is 11.3 Å². The van der Waals surface area contributed by atoms with Crippen LogP contribution in [0.3, 0.4) is 0 Å². The lowest BCUT2D eigenvalue weighted by Gasteiger charge is -2.12. The summed E-state index contributed by atoms with van der Waals surface area (Å²) in [5.74, 6) is -0.142. The molecule has 1 atom stereocenters. The number of rotatable bonds is 12. The number of hydrogen-bond acceptors (Lipinski definition) is 7. The number of aromatic nitrogens is 1. The van der Waals surface area contributed by atoms with Crippen molar-refractivity contribution in [2.45, 2.75) is 19.1 Å². The highest BCUT2D eigenvalue weighted by Gasteiger charge is 2.07. The highest BCUT2D eigenvalue weighted by Crippen LogP contribution is 2.04. The Morgan fingerprint density at radius 3 is 2.71 bits per heavy atom. The molecule has 0 aliphatic heterocycles. The third-order valence-corrected chi connectivity index (χ3v) is 3.38. The minimum absolute atomic E-state index is 0.142. The highest BCUT2D eigenvalue weighted by atomic mass is 32.1. The summed E-state index contributed by atoms with van der Waals surface area (Å²) in [7, 11) is 1.56. The average Bonchev–Trinajstić information content (AvgIpc) is 2.98. The number of hydrogen-bond donors (Lipinski definition) is 2. The van der Waals surface area contributed by atoms with E-state index in [2.05, 4.69) is 10.3 Å². The Kier molecular flexibility index (Phi) is 9.92. The van der Waals surface area contributed by atoms with Gasteiger partial charge in [0.15, 0.2) is 0 Å². The number of amides is 1. The predicted octanol–water partition coefficient (Wildman–Crippen LogP) is 0.156. The molecule has 1 amide bonds. The molecule has 0 aliphatic carbocycles. The normalized spacial score (nSPS) is 12.3. The van der Waals surface area contributed by atoms with E-state index in [0.717, 1.165) is 11.4 Å². The van der Waals surface area contributed by atoms with Gasteiger partial charge < -0.3 is 25.3 Å². The second kappa shape index (κ2) is 11.6. The molecule has 1 heterocycles. The molecule has 1 rings (SSSR count). The third kappa shape index (κ3) is 9.48. The summed E-state index contributed by atoms with van der Waals surface area (Å²) in [6.07, 6.45) is 2.17. The summed E-state index contributed by atoms with van der Waals surface area (Å²) < 4.78 is 16.0. The maximum absolute atomic E-state index is 11.0. The fraction of sp³-hybridized carbons (Fsp3) is 0.692. The van der Waals surface area contributed by atoms with Gasteiger partial charge in [-0.05, 0) is 0 Å². The second-order valence-electron chi connectivity index (χ2n) is 4.19. The molecule has 0 aromatic carbocycles. The van der Waals surface area contributed by atoms with Gasteiger partial charge in [-0.1, -0.05) is 0 Å². The topological polar surface area (TPSA) is 95.7 Å². The van der Waals surface area contributed by atoms with Crippen molar-refractivity contribution in [1.82, 2.24) is 10.3 Å². The van der Waals surface area contributed by atoms with E-state index < -0.39 is 6.23 Å². The summed E-state index contributed by atoms with van der Waals surface area (Å²) >= 11 is 1.63. The first-order valence-electron chi connectivity index (χ1n) is 6.84. The van der Waals surface area contributed by atoms with E-state index in [9.17, 15) is 4.79 Å². The Labute approximate surface area is 128 Å². The average molecular weight is 317 g/mol. The Balaban J connectivity index is 1.83. The van der Waals surface area contributed by atoms with Crippen molar-refractivity contribution in [3.05, 3.63) is 16.6 Å². The third-order valence-electron chi connectivity index (χ3n) is 2.54. The summed E-state index contributed by atoms with van der Waals surface area (Å²) in [5.41, 5.74) is 5.61. The molecule has 0 aliphatic rings. The van der Waals surface area contributed by atoms with Gasteiger partial charge in [0, 0.05) is 25.0 Å². The van der Waals surface area contributed by atoms with Crippen LogP contribution in [0.2, 0.25) is 0 Å². The van der Waals surface area contributed by atoms with Crippen molar-refractivity contribution >= 4 is 17.2 Å². The van der Waals surface area contributed by atoms with E-state index in [1.165, 1.54) is 0 Å². The lowest BCUT2D eigenvalue weighted by Crippen LogP contribution is -2.32. The molecule has 0 bridgehead atoms. The van der Waals surface area contributed by atoms with Crippen LogP contribution in [0.4, 0.5) is 0 Å². The zero-order valence-electron chi connectivity index (χ0n) is 12.2. The molecule has 1 unspecified atom stereocenters. The van der Waals surface area contributed by atoms with Crippen molar-refractivity contribution in [3.63, 3.8) is 0 Å². The molecule has 1 aromatic heterocycles. The van der Waals surface area contributed by atoms with Gasteiger partial charge in [0.25, 0.3) is 0 Å². The first kappa shape index (κ1) is 18.0. The Morgan fingerprint density at radius 1 is 1.33 bits per heavy atom. The number of nitrogens with one attached hydrogen (secondary N) is 1. The number of nitrogens with zero attached hydrogens (tertiary/aromatic N) is 1. The SMILES string of the molecule is CNC(=O)CC(N)OCCOCCOCCc1nccs1. The van der Waals surface area contributed by atoms with Gasteiger partial charge in [0.1, 0.15) is 6.23 Å². The fourth-order valence-corrected chi connectivity index (χ4v) is 2.06. The molecule has 0 spiro atoms. The maximum Gasteiger partial charge on any atom is 0.223 e. The van der Waals surface area contributed by atoms with E-state index in [4.69, 9.17) is 19.9 Å². The van der Waals surface area contributed by atoms with Gasteiger partial charge in [-0.3, -0.25) is 4.79 Å². The lowest BCUT2D eigenvalue weighted by molar-refractivity contribution is -0.123. The van der Waals surface area contributed by atoms with Gasteiger partial charge in [0.05, 0.1) is 44.5 Å². The lowest BCUT2D eigenvalue weighted by atomic mass is 10.4. The van der Waals surface area contributed by atoms with E-state index >= 15 is 0 Å². The summed E-state index contributed by atoms with van der Waals surface area (Å²) in [4.78, 5) is 15.2. The first-order chi connectivity index (χ1) is 10.2. The van der Waals surface area contributed by atoms with Gasteiger partial charge in [-0.15, -0.1) is 11.3 Å². The molecule has 1 aromatic rings. The van der Waals surface area contributed by atoms with Gasteiger partial charge >= 0.3 is 0 Å². The standard InChI is InChI=1S/C13H23N3O4S/c1-15-12(17)10-11(14)20-8-7-19-6-5-18-4-2-13-16-3-9-21-13/h3,9,11H,2,4-8,10,14H2,1H3,(H,15,17). The molecule has 0 saturated heterocycles. The molecule has 3 N–H and O–H groups in total. The van der Waals surface area contributed by atoms with Gasteiger partial charge in [-0.25, -0.2) is 4.98 Å². The van der Waals surface area contributed by atoms with Crippen LogP contribution in [0.15, 0.2) is 11.6 Å². The Bertz CT molecular complexity index is 376. The molecule has 21 heavy (non-hydrogen) atoms. The number of nitrogens with two attached hydrogens (primary N) is 1. The van der Waals surface area contributed by atoms with Crippen molar-refractivity contribution in [2.75, 3.05) is 40.1 Å². The Hall–Kier alpha value is -1.06. The highest BCUT2D eigenvalue weighted by molar-refractivity contribution is 7.09. The number of carbonyl (C=O) groups excluding carboxylic acids is 1. The van der Waals surface area contributed by atoms with Crippen molar-refractivity contribution in [3.8, 4) is 0 Å². The van der Waals surface area contributed by atoms with Crippen LogP contribution in [0, 0.1) is 0 Å². The fourth-order valence-electron chi connectivity index (χ4n) is 1.46. The van der Waals surface area contributed by atoms with E-state index in [0.29, 0.717) is 33.0 Å². The molecular weight excluding hydrogens is 294 g/mol. The minimum atomic E-state index is -0.594. The van der Waals surface area contributed by atoms with Crippen LogP contribution in [0.25, 0.3) is 0 Å². The van der Waals surface area contributed by atoms with Gasteiger partial charge in [0.2, 0.25) is 5.91 Å². The number of ether oxygens (including phenoxy) is 3. The zero-order valence-corrected chi connectivity index (χ0v) is 13.1. The molecule has 0 fully saturated rings. The summed E-state index contributed by atoms with van der Waals surface area (Å²) in [6.45, 7) is 2.47. The van der Waals surface area contributed by atoms with Crippen LogP contribution < -0.4 is 11.1 Å². The van der Waals surface area contributed by atoms with Gasteiger partial charge in [-0.2, -0.15) is 0 Å². The predicted molar refractivity (Wildman–Crippen MR) is 80.1 cm³/mol. The molecule has 0 radical (unpaired) electrons. The molecule has 120 valence electrons. The summed E-state index contributed by atoms with van der Waals surface area (Å²) in [5, 5.41) is 5.52.